The number of nitrogens with two attached hydrogens (primary N) is 1. The average Bonchev–Trinajstić information content (AvgIpc) is 2.17. The number of amidine groups is 1. The molecule has 0 aliphatic heterocycles. The fourth-order valence-electron chi connectivity index (χ4n) is 1.01. The van der Waals surface area contributed by atoms with Gasteiger partial charge in [-0.15, -0.1) is 0 Å². The van der Waals surface area contributed by atoms with E-state index in [1.165, 1.54) is 24.3 Å². The molecule has 0 saturated heterocycles. The van der Waals surface area contributed by atoms with Crippen LogP contribution in [0.25, 0.3) is 10.4 Å². The minimum atomic E-state index is -4.10. The number of nitrogen functional groups attached to an aromatic ring is 1. The molecule has 15 heavy (non-hydrogen) atoms. The topological polar surface area (TPSA) is 133 Å². The Balaban J connectivity index is 3.51. The molecule has 0 fully saturated rings. The van der Waals surface area contributed by atoms with E-state index >= 15 is 0 Å². The van der Waals surface area contributed by atoms with E-state index < -0.39 is 15.9 Å². The van der Waals surface area contributed by atoms with Crippen molar-refractivity contribution in [1.29, 1.82) is 5.41 Å². The van der Waals surface area contributed by atoms with Crippen LogP contribution in [0.4, 0.5) is 0 Å². The first-order valence-electron chi connectivity index (χ1n) is 3.74. The molecule has 1 aromatic carbocycles. The Morgan fingerprint density at radius 1 is 1.47 bits per heavy atom. The summed E-state index contributed by atoms with van der Waals surface area (Å²) >= 11 is 0. The number of nitrogens with zero attached hydrogens (tertiary/aromatic N) is 3. The normalized spacial score (nSPS) is 10.4. The van der Waals surface area contributed by atoms with Gasteiger partial charge in [0.2, 0.25) is 0 Å². The van der Waals surface area contributed by atoms with Crippen LogP contribution in [0.2, 0.25) is 0 Å². The second-order valence-corrected chi connectivity index (χ2v) is 4.11. The first-order valence-corrected chi connectivity index (χ1v) is 5.18. The lowest BCUT2D eigenvalue weighted by Gasteiger charge is -2.04. The van der Waals surface area contributed by atoms with E-state index in [2.05, 4.69) is 9.43 Å². The summed E-state index contributed by atoms with van der Waals surface area (Å²) in [6.07, 6.45) is 0. The molecule has 0 aliphatic carbocycles. The summed E-state index contributed by atoms with van der Waals surface area (Å²) < 4.78 is 25.4. The Morgan fingerprint density at radius 3 is 2.60 bits per heavy atom. The Morgan fingerprint density at radius 2 is 2.07 bits per heavy atom. The zero-order valence-electron chi connectivity index (χ0n) is 7.45. The minimum Gasteiger partial charge on any atom is -0.384 e. The van der Waals surface area contributed by atoms with Crippen LogP contribution in [0.3, 0.4) is 0 Å². The van der Waals surface area contributed by atoms with Gasteiger partial charge in [-0.3, -0.25) is 5.41 Å². The molecular weight excluding hydrogens is 218 g/mol. The van der Waals surface area contributed by atoms with Crippen LogP contribution in [-0.4, -0.2) is 14.3 Å². The lowest BCUT2D eigenvalue weighted by atomic mass is 10.2. The van der Waals surface area contributed by atoms with Crippen LogP contribution in [0, 0.1) is 5.41 Å². The summed E-state index contributed by atoms with van der Waals surface area (Å²) in [5, 5.41) is 7.17. The molecule has 0 bridgehead atoms. The number of nitrogens with one attached hydrogen (secondary N) is 1. The van der Waals surface area contributed by atoms with Gasteiger partial charge >= 0.3 is 0 Å². The molecule has 0 spiro atoms. The van der Waals surface area contributed by atoms with Crippen molar-refractivity contribution in [2.45, 2.75) is 4.90 Å². The highest BCUT2D eigenvalue weighted by Gasteiger charge is 2.17. The third-order valence-corrected chi connectivity index (χ3v) is 2.80. The predicted molar refractivity (Wildman–Crippen MR) is 53.8 cm³/mol. The molecule has 3 N–H and O–H groups in total. The number of benzene rings is 1. The Labute approximate surface area is 85.7 Å². The van der Waals surface area contributed by atoms with Crippen molar-refractivity contribution in [2.24, 2.45) is 10.3 Å². The van der Waals surface area contributed by atoms with Crippen molar-refractivity contribution in [1.82, 2.24) is 0 Å². The number of rotatable bonds is 3. The highest BCUT2D eigenvalue weighted by atomic mass is 32.2. The molecular formula is C7H7N5O2S. The molecule has 1 rings (SSSR count). The lowest BCUT2D eigenvalue weighted by Crippen LogP contribution is -2.15. The molecule has 0 aliphatic rings. The molecule has 0 amide bonds. The number of sulfonamides is 1. The van der Waals surface area contributed by atoms with Crippen LogP contribution in [0.15, 0.2) is 33.7 Å². The molecule has 0 unspecified atom stereocenters. The Bertz CT molecular complexity index is 544. The molecule has 0 saturated carbocycles. The van der Waals surface area contributed by atoms with E-state index in [9.17, 15) is 8.42 Å². The largest absolute Gasteiger partial charge is 0.384 e. The van der Waals surface area contributed by atoms with Crippen molar-refractivity contribution in [3.05, 3.63) is 40.3 Å². The van der Waals surface area contributed by atoms with Gasteiger partial charge in [0, 0.05) is 15.0 Å². The summed E-state index contributed by atoms with van der Waals surface area (Å²) in [7, 11) is -4.10. The zero-order chi connectivity index (χ0) is 11.5. The molecule has 0 atom stereocenters. The van der Waals surface area contributed by atoms with Crippen molar-refractivity contribution in [3.8, 4) is 0 Å². The molecule has 0 radical (unpaired) electrons. The van der Waals surface area contributed by atoms with Crippen molar-refractivity contribution < 1.29 is 8.42 Å². The highest BCUT2D eigenvalue weighted by Crippen LogP contribution is 2.17. The zero-order valence-corrected chi connectivity index (χ0v) is 8.27. The van der Waals surface area contributed by atoms with Gasteiger partial charge in [-0.25, -0.2) is 8.42 Å². The Kier molecular flexibility index (Phi) is 2.93. The van der Waals surface area contributed by atoms with Gasteiger partial charge in [0.05, 0.1) is 4.90 Å². The maximum atomic E-state index is 11.4. The standard InChI is InChI=1S/C7H7N5O2S/c8-7(9)5-3-1-2-4-6(5)15(13,14)12-11-10/h1-4H,(H3,8,9). The summed E-state index contributed by atoms with van der Waals surface area (Å²) in [5.74, 6) is -0.401. The van der Waals surface area contributed by atoms with E-state index in [0.29, 0.717) is 0 Å². The van der Waals surface area contributed by atoms with E-state index in [4.69, 9.17) is 16.7 Å². The SMILES string of the molecule is [N-]=[N+]=NS(=O)(=O)c1ccccc1C(=N)N. The first kappa shape index (κ1) is 11.0. The number of azide groups is 1. The number of hydrogen-bond acceptors (Lipinski definition) is 3. The van der Waals surface area contributed by atoms with Gasteiger partial charge in [-0.05, 0) is 17.7 Å². The summed E-state index contributed by atoms with van der Waals surface area (Å²) in [5.41, 5.74) is 13.3. The van der Waals surface area contributed by atoms with Crippen molar-refractivity contribution >= 4 is 15.9 Å². The van der Waals surface area contributed by atoms with Gasteiger partial charge in [0.1, 0.15) is 5.84 Å². The summed E-state index contributed by atoms with van der Waals surface area (Å²) in [4.78, 5) is 1.94. The lowest BCUT2D eigenvalue weighted by molar-refractivity contribution is 0.597. The molecule has 0 aromatic heterocycles. The van der Waals surface area contributed by atoms with Crippen LogP contribution in [0.1, 0.15) is 5.56 Å². The second-order valence-electron chi connectivity index (χ2n) is 2.56. The van der Waals surface area contributed by atoms with Crippen LogP contribution >= 0.6 is 0 Å². The molecule has 7 nitrogen and oxygen atoms in total. The molecule has 1 aromatic rings. The van der Waals surface area contributed by atoms with Crippen molar-refractivity contribution in [2.75, 3.05) is 0 Å². The maximum absolute atomic E-state index is 11.4. The smallest absolute Gasteiger partial charge is 0.265 e. The third kappa shape index (κ3) is 2.25. The number of hydrogen-bond donors (Lipinski definition) is 2. The second kappa shape index (κ2) is 3.99. The van der Waals surface area contributed by atoms with Gasteiger partial charge in [0.15, 0.2) is 0 Å². The van der Waals surface area contributed by atoms with Crippen LogP contribution in [-0.2, 0) is 10.0 Å². The third-order valence-electron chi connectivity index (χ3n) is 1.60. The predicted octanol–water partition coefficient (Wildman–Crippen LogP) is 0.970. The van der Waals surface area contributed by atoms with Crippen LogP contribution < -0.4 is 5.73 Å². The summed E-state index contributed by atoms with van der Waals surface area (Å²) in [6, 6.07) is 5.57. The van der Waals surface area contributed by atoms with E-state index in [1.807, 2.05) is 0 Å². The maximum Gasteiger partial charge on any atom is 0.265 e. The van der Waals surface area contributed by atoms with Crippen molar-refractivity contribution in [3.63, 3.8) is 0 Å². The highest BCUT2D eigenvalue weighted by molar-refractivity contribution is 7.90. The van der Waals surface area contributed by atoms with E-state index in [-0.39, 0.29) is 10.5 Å². The molecule has 78 valence electrons. The van der Waals surface area contributed by atoms with Gasteiger partial charge in [-0.2, -0.15) is 0 Å². The van der Waals surface area contributed by atoms with Gasteiger partial charge in [0.25, 0.3) is 10.0 Å². The summed E-state index contributed by atoms with van der Waals surface area (Å²) in [6.45, 7) is 0. The molecule has 8 heteroatoms. The van der Waals surface area contributed by atoms with E-state index in [0.717, 1.165) is 0 Å². The first-order chi connectivity index (χ1) is 6.99. The van der Waals surface area contributed by atoms with Gasteiger partial charge in [-0.1, -0.05) is 12.1 Å². The van der Waals surface area contributed by atoms with Crippen LogP contribution in [0.5, 0.6) is 0 Å². The minimum absolute atomic E-state index is 0.0184. The van der Waals surface area contributed by atoms with Gasteiger partial charge < -0.3 is 5.73 Å². The average molecular weight is 225 g/mol. The quantitative estimate of drug-likeness (QED) is 0.261. The van der Waals surface area contributed by atoms with E-state index in [1.54, 1.807) is 0 Å². The fraction of sp³-hybridized carbons (Fsp3) is 0. The monoisotopic (exact) mass is 225 g/mol. The Hall–Kier alpha value is -2.05. The fourth-order valence-corrected chi connectivity index (χ4v) is 1.90. The molecule has 0 heterocycles.